The van der Waals surface area contributed by atoms with E-state index >= 15 is 0 Å². The van der Waals surface area contributed by atoms with Crippen molar-refractivity contribution in [2.24, 2.45) is 0 Å². The summed E-state index contributed by atoms with van der Waals surface area (Å²) in [6.45, 7) is 0.262. The highest BCUT2D eigenvalue weighted by atomic mass is 16.5. The molecule has 8 nitrogen and oxygen atoms in total. The Balaban J connectivity index is 1.43. The standard InChI is InChI=1S/C18H18N4O4/c1-24-14-4-2-3-5-15(14)25-12-16(23)20-11-8-17-21-22-18(26-17)13-6-9-19-10-7-13/h2-7,9-10H,8,11-12H2,1H3,(H,20,23). The lowest BCUT2D eigenvalue weighted by molar-refractivity contribution is -0.123. The maximum Gasteiger partial charge on any atom is 0.257 e. The predicted octanol–water partition coefficient (Wildman–Crippen LogP) is 1.88. The van der Waals surface area contributed by atoms with Gasteiger partial charge in [-0.3, -0.25) is 9.78 Å². The van der Waals surface area contributed by atoms with Crippen LogP contribution in [0.3, 0.4) is 0 Å². The van der Waals surface area contributed by atoms with Gasteiger partial charge in [-0.25, -0.2) is 0 Å². The van der Waals surface area contributed by atoms with Gasteiger partial charge in [0.05, 0.1) is 7.11 Å². The van der Waals surface area contributed by atoms with Crippen LogP contribution in [-0.2, 0) is 11.2 Å². The van der Waals surface area contributed by atoms with Crippen LogP contribution in [-0.4, -0.2) is 41.3 Å². The summed E-state index contributed by atoms with van der Waals surface area (Å²) in [7, 11) is 1.55. The fraction of sp³-hybridized carbons (Fsp3) is 0.222. The van der Waals surface area contributed by atoms with Crippen LogP contribution in [0.25, 0.3) is 11.5 Å². The van der Waals surface area contributed by atoms with Crippen LogP contribution in [0.15, 0.2) is 53.2 Å². The molecule has 1 aromatic carbocycles. The van der Waals surface area contributed by atoms with Crippen molar-refractivity contribution in [1.29, 1.82) is 0 Å². The lowest BCUT2D eigenvalue weighted by Crippen LogP contribution is -2.30. The number of carbonyl (C=O) groups excluding carboxylic acids is 1. The molecule has 0 aliphatic carbocycles. The summed E-state index contributed by atoms with van der Waals surface area (Å²) < 4.78 is 16.2. The van der Waals surface area contributed by atoms with Crippen LogP contribution in [0.4, 0.5) is 0 Å². The summed E-state index contributed by atoms with van der Waals surface area (Å²) >= 11 is 0. The molecule has 2 aromatic heterocycles. The van der Waals surface area contributed by atoms with Crippen molar-refractivity contribution in [2.45, 2.75) is 6.42 Å². The van der Waals surface area contributed by atoms with E-state index < -0.39 is 0 Å². The molecule has 0 aliphatic heterocycles. The summed E-state index contributed by atoms with van der Waals surface area (Å²) in [4.78, 5) is 15.8. The zero-order chi connectivity index (χ0) is 18.2. The SMILES string of the molecule is COc1ccccc1OCC(=O)NCCc1nnc(-c2ccncc2)o1. The van der Waals surface area contributed by atoms with Gasteiger partial charge in [0.2, 0.25) is 11.8 Å². The molecule has 8 heteroatoms. The summed E-state index contributed by atoms with van der Waals surface area (Å²) in [5.41, 5.74) is 0.799. The second kappa shape index (κ2) is 8.61. The number of amides is 1. The third-order valence-corrected chi connectivity index (χ3v) is 3.48. The number of benzene rings is 1. The van der Waals surface area contributed by atoms with Crippen molar-refractivity contribution in [3.8, 4) is 23.0 Å². The fourth-order valence-corrected chi connectivity index (χ4v) is 2.21. The quantitative estimate of drug-likeness (QED) is 0.659. The van der Waals surface area contributed by atoms with Gasteiger partial charge < -0.3 is 19.2 Å². The monoisotopic (exact) mass is 354 g/mol. The minimum absolute atomic E-state index is 0.105. The number of nitrogens with zero attached hydrogens (tertiary/aromatic N) is 3. The van der Waals surface area contributed by atoms with Crippen molar-refractivity contribution in [2.75, 3.05) is 20.3 Å². The number of carbonyl (C=O) groups is 1. The smallest absolute Gasteiger partial charge is 0.257 e. The molecule has 0 aliphatic rings. The molecule has 3 rings (SSSR count). The molecule has 3 aromatic rings. The molecule has 0 spiro atoms. The Kier molecular flexibility index (Phi) is 5.76. The van der Waals surface area contributed by atoms with Gasteiger partial charge in [-0.1, -0.05) is 12.1 Å². The summed E-state index contributed by atoms with van der Waals surface area (Å²) in [5.74, 6) is 1.72. The molecule has 26 heavy (non-hydrogen) atoms. The molecule has 134 valence electrons. The largest absolute Gasteiger partial charge is 0.493 e. The molecule has 0 saturated carbocycles. The zero-order valence-corrected chi connectivity index (χ0v) is 14.2. The number of nitrogens with one attached hydrogen (secondary N) is 1. The van der Waals surface area contributed by atoms with E-state index in [0.717, 1.165) is 5.56 Å². The number of rotatable bonds is 8. The van der Waals surface area contributed by atoms with Gasteiger partial charge in [-0.2, -0.15) is 0 Å². The highest BCUT2D eigenvalue weighted by Gasteiger charge is 2.10. The van der Waals surface area contributed by atoms with E-state index in [1.807, 2.05) is 12.1 Å². The Morgan fingerprint density at radius 3 is 2.65 bits per heavy atom. The van der Waals surface area contributed by atoms with Crippen LogP contribution < -0.4 is 14.8 Å². The van der Waals surface area contributed by atoms with Gasteiger partial charge in [0.15, 0.2) is 18.1 Å². The van der Waals surface area contributed by atoms with Crippen LogP contribution >= 0.6 is 0 Å². The lowest BCUT2D eigenvalue weighted by atomic mass is 10.3. The summed E-state index contributed by atoms with van der Waals surface area (Å²) in [6.07, 6.45) is 3.74. The van der Waals surface area contributed by atoms with Gasteiger partial charge in [-0.15, -0.1) is 10.2 Å². The van der Waals surface area contributed by atoms with E-state index in [4.69, 9.17) is 13.9 Å². The first-order valence-electron chi connectivity index (χ1n) is 8.01. The molecule has 0 atom stereocenters. The van der Waals surface area contributed by atoms with Crippen molar-refractivity contribution in [1.82, 2.24) is 20.5 Å². The Morgan fingerprint density at radius 2 is 1.88 bits per heavy atom. The first-order valence-corrected chi connectivity index (χ1v) is 8.01. The Bertz CT molecular complexity index is 851. The second-order valence-corrected chi connectivity index (χ2v) is 5.28. The zero-order valence-electron chi connectivity index (χ0n) is 14.2. The fourth-order valence-electron chi connectivity index (χ4n) is 2.21. The first-order chi connectivity index (χ1) is 12.8. The van der Waals surface area contributed by atoms with Gasteiger partial charge in [0.25, 0.3) is 5.91 Å². The number of pyridine rings is 1. The van der Waals surface area contributed by atoms with Gasteiger partial charge in [0.1, 0.15) is 0 Å². The first kappa shape index (κ1) is 17.4. The predicted molar refractivity (Wildman–Crippen MR) is 92.7 cm³/mol. The molecule has 0 saturated heterocycles. The van der Waals surface area contributed by atoms with Crippen molar-refractivity contribution >= 4 is 5.91 Å². The summed E-state index contributed by atoms with van der Waals surface area (Å²) in [5, 5.41) is 10.7. The van der Waals surface area contributed by atoms with E-state index in [1.165, 1.54) is 0 Å². The number of aromatic nitrogens is 3. The Morgan fingerprint density at radius 1 is 1.12 bits per heavy atom. The van der Waals surface area contributed by atoms with E-state index in [9.17, 15) is 4.79 Å². The molecular weight excluding hydrogens is 336 g/mol. The number of hydrogen-bond donors (Lipinski definition) is 1. The molecule has 1 amide bonds. The van der Waals surface area contributed by atoms with Crippen LogP contribution in [0.1, 0.15) is 5.89 Å². The van der Waals surface area contributed by atoms with Gasteiger partial charge >= 0.3 is 0 Å². The van der Waals surface area contributed by atoms with Gasteiger partial charge in [-0.05, 0) is 24.3 Å². The molecule has 1 N–H and O–H groups in total. The highest BCUT2D eigenvalue weighted by molar-refractivity contribution is 5.77. The molecular formula is C18H18N4O4. The van der Waals surface area contributed by atoms with Crippen LogP contribution in [0.2, 0.25) is 0 Å². The maximum atomic E-state index is 11.9. The summed E-state index contributed by atoms with van der Waals surface area (Å²) in [6, 6.07) is 10.7. The molecule has 0 fully saturated rings. The molecule has 0 unspecified atom stereocenters. The van der Waals surface area contributed by atoms with Gasteiger partial charge in [0, 0.05) is 30.9 Å². The third-order valence-electron chi connectivity index (χ3n) is 3.48. The Labute approximate surface area is 150 Å². The highest BCUT2D eigenvalue weighted by Crippen LogP contribution is 2.25. The normalized spacial score (nSPS) is 10.3. The maximum absolute atomic E-state index is 11.9. The second-order valence-electron chi connectivity index (χ2n) is 5.28. The number of hydrogen-bond acceptors (Lipinski definition) is 7. The Hall–Kier alpha value is -3.42. The minimum atomic E-state index is -0.246. The van der Waals surface area contributed by atoms with Crippen LogP contribution in [0.5, 0.6) is 11.5 Å². The molecule has 0 bridgehead atoms. The van der Waals surface area contributed by atoms with Crippen LogP contribution in [0, 0.1) is 0 Å². The number of ether oxygens (including phenoxy) is 2. The van der Waals surface area contributed by atoms with E-state index in [2.05, 4.69) is 20.5 Å². The molecule has 2 heterocycles. The van der Waals surface area contributed by atoms with Crippen molar-refractivity contribution < 1.29 is 18.7 Å². The molecule has 0 radical (unpaired) electrons. The number of methoxy groups -OCH3 is 1. The number of para-hydroxylation sites is 2. The average Bonchev–Trinajstić information content (AvgIpc) is 3.16. The minimum Gasteiger partial charge on any atom is -0.493 e. The van der Waals surface area contributed by atoms with E-state index in [-0.39, 0.29) is 12.5 Å². The van der Waals surface area contributed by atoms with E-state index in [1.54, 1.807) is 43.8 Å². The lowest BCUT2D eigenvalue weighted by Gasteiger charge is -2.10. The van der Waals surface area contributed by atoms with Crippen molar-refractivity contribution in [3.63, 3.8) is 0 Å². The topological polar surface area (TPSA) is 99.4 Å². The third kappa shape index (κ3) is 4.56. The van der Waals surface area contributed by atoms with E-state index in [0.29, 0.717) is 36.2 Å². The average molecular weight is 354 g/mol. The van der Waals surface area contributed by atoms with Crippen molar-refractivity contribution in [3.05, 3.63) is 54.7 Å².